The monoisotopic (exact) mass is 463 g/mol. The fourth-order valence-electron chi connectivity index (χ4n) is 4.10. The summed E-state index contributed by atoms with van der Waals surface area (Å²) in [4.78, 5) is 28.7. The molecular formula is C21H29N5O3S2. The van der Waals surface area contributed by atoms with Crippen LogP contribution in [0.1, 0.15) is 44.3 Å². The Morgan fingerprint density at radius 3 is 2.74 bits per heavy atom. The van der Waals surface area contributed by atoms with Crippen molar-refractivity contribution in [1.82, 2.24) is 20.4 Å². The molecule has 0 aromatic carbocycles. The van der Waals surface area contributed by atoms with Gasteiger partial charge in [-0.3, -0.25) is 9.59 Å². The summed E-state index contributed by atoms with van der Waals surface area (Å²) in [7, 11) is 0. The molecule has 2 amide bonds. The number of anilines is 1. The number of carbonyl (C=O) groups is 2. The molecule has 1 aliphatic heterocycles. The van der Waals surface area contributed by atoms with Gasteiger partial charge in [-0.05, 0) is 24.5 Å². The topological polar surface area (TPSA) is 91.6 Å². The molecule has 1 aliphatic carbocycles. The SMILES string of the molecule is O=C(CSc1nnc(N2CCN(C(=O)CCC3CCCC3)CC2)s1)NCc1ccco1. The maximum absolute atomic E-state index is 12.5. The quantitative estimate of drug-likeness (QED) is 0.571. The number of aromatic nitrogens is 2. The third-order valence-corrected chi connectivity index (χ3v) is 8.02. The molecule has 1 N–H and O–H groups in total. The normalized spacial score (nSPS) is 17.3. The molecule has 4 rings (SSSR count). The molecule has 0 radical (unpaired) electrons. The minimum Gasteiger partial charge on any atom is -0.467 e. The Hall–Kier alpha value is -2.07. The highest BCUT2D eigenvalue weighted by atomic mass is 32.2. The summed E-state index contributed by atoms with van der Waals surface area (Å²) in [5.74, 6) is 2.00. The van der Waals surface area contributed by atoms with Gasteiger partial charge in [-0.15, -0.1) is 10.2 Å². The van der Waals surface area contributed by atoms with Crippen molar-refractivity contribution >= 4 is 40.0 Å². The number of thioether (sulfide) groups is 1. The molecular weight excluding hydrogens is 434 g/mol. The minimum atomic E-state index is -0.0668. The number of hydrogen-bond acceptors (Lipinski definition) is 8. The number of nitrogens with zero attached hydrogens (tertiary/aromatic N) is 4. The van der Waals surface area contributed by atoms with Crippen molar-refractivity contribution in [3.8, 4) is 0 Å². The van der Waals surface area contributed by atoms with Gasteiger partial charge in [0, 0.05) is 32.6 Å². The molecule has 2 aliphatic rings. The standard InChI is InChI=1S/C21H29N5O3S2/c27-18(22-14-17-6-3-13-29-17)15-30-21-24-23-20(31-21)26-11-9-25(10-12-26)19(28)8-7-16-4-1-2-5-16/h3,6,13,16H,1-2,4-5,7-12,14-15H2,(H,22,27). The van der Waals surface area contributed by atoms with Crippen molar-refractivity contribution in [2.24, 2.45) is 5.92 Å². The van der Waals surface area contributed by atoms with E-state index < -0.39 is 0 Å². The number of rotatable bonds is 9. The van der Waals surface area contributed by atoms with Crippen LogP contribution in [0, 0.1) is 5.92 Å². The van der Waals surface area contributed by atoms with Crippen molar-refractivity contribution in [3.63, 3.8) is 0 Å². The first kappa shape index (κ1) is 22.1. The molecule has 8 nitrogen and oxygen atoms in total. The lowest BCUT2D eigenvalue weighted by molar-refractivity contribution is -0.131. The van der Waals surface area contributed by atoms with Crippen molar-refractivity contribution in [1.29, 1.82) is 0 Å². The number of furan rings is 1. The summed E-state index contributed by atoms with van der Waals surface area (Å²) in [5, 5.41) is 12.2. The summed E-state index contributed by atoms with van der Waals surface area (Å²) >= 11 is 2.88. The number of piperazine rings is 1. The van der Waals surface area contributed by atoms with E-state index in [0.29, 0.717) is 24.6 Å². The molecule has 31 heavy (non-hydrogen) atoms. The van der Waals surface area contributed by atoms with Gasteiger partial charge in [-0.1, -0.05) is 48.8 Å². The van der Waals surface area contributed by atoms with Crippen LogP contribution in [0.5, 0.6) is 0 Å². The van der Waals surface area contributed by atoms with E-state index in [4.69, 9.17) is 4.42 Å². The van der Waals surface area contributed by atoms with Crippen molar-refractivity contribution < 1.29 is 14.0 Å². The van der Waals surface area contributed by atoms with E-state index in [-0.39, 0.29) is 5.91 Å². The second-order valence-corrected chi connectivity index (χ2v) is 10.2. The van der Waals surface area contributed by atoms with Crippen LogP contribution in [0.3, 0.4) is 0 Å². The van der Waals surface area contributed by atoms with Gasteiger partial charge in [0.1, 0.15) is 5.76 Å². The van der Waals surface area contributed by atoms with Crippen LogP contribution in [0.2, 0.25) is 0 Å². The Kier molecular flexibility index (Phi) is 7.85. The highest BCUT2D eigenvalue weighted by Crippen LogP contribution is 2.30. The Bertz CT molecular complexity index is 843. The highest BCUT2D eigenvalue weighted by Gasteiger charge is 2.24. The zero-order valence-electron chi connectivity index (χ0n) is 17.6. The van der Waals surface area contributed by atoms with Crippen LogP contribution in [0.25, 0.3) is 0 Å². The van der Waals surface area contributed by atoms with Crippen LogP contribution in [0.4, 0.5) is 5.13 Å². The molecule has 1 saturated carbocycles. The molecule has 3 heterocycles. The fourth-order valence-corrected chi connectivity index (χ4v) is 5.82. The molecule has 0 spiro atoms. The molecule has 0 atom stereocenters. The van der Waals surface area contributed by atoms with Gasteiger partial charge in [0.05, 0.1) is 18.6 Å². The number of amides is 2. The minimum absolute atomic E-state index is 0.0668. The second-order valence-electron chi connectivity index (χ2n) is 8.05. The van der Waals surface area contributed by atoms with E-state index in [2.05, 4.69) is 20.4 Å². The third kappa shape index (κ3) is 6.46. The zero-order chi connectivity index (χ0) is 21.5. The maximum atomic E-state index is 12.5. The van der Waals surface area contributed by atoms with Crippen molar-refractivity contribution in [3.05, 3.63) is 24.2 Å². The van der Waals surface area contributed by atoms with E-state index in [0.717, 1.165) is 53.7 Å². The summed E-state index contributed by atoms with van der Waals surface area (Å²) in [6.07, 6.45) is 8.57. The summed E-state index contributed by atoms with van der Waals surface area (Å²) < 4.78 is 5.98. The maximum Gasteiger partial charge on any atom is 0.230 e. The average Bonchev–Trinajstić information content (AvgIpc) is 3.57. The average molecular weight is 464 g/mol. The molecule has 0 bridgehead atoms. The van der Waals surface area contributed by atoms with Gasteiger partial charge < -0.3 is 19.5 Å². The molecule has 10 heteroatoms. The van der Waals surface area contributed by atoms with Crippen molar-refractivity contribution in [2.75, 3.05) is 36.8 Å². The Morgan fingerprint density at radius 1 is 1.19 bits per heavy atom. The van der Waals surface area contributed by atoms with E-state index in [1.807, 2.05) is 11.0 Å². The first-order valence-electron chi connectivity index (χ1n) is 11.0. The lowest BCUT2D eigenvalue weighted by Gasteiger charge is -2.34. The molecule has 1 saturated heterocycles. The van der Waals surface area contributed by atoms with E-state index in [1.54, 1.807) is 12.3 Å². The number of nitrogens with one attached hydrogen (secondary N) is 1. The first-order chi connectivity index (χ1) is 15.2. The summed E-state index contributed by atoms with van der Waals surface area (Å²) in [6.45, 7) is 3.41. The largest absolute Gasteiger partial charge is 0.467 e. The van der Waals surface area contributed by atoms with Crippen LogP contribution >= 0.6 is 23.1 Å². The third-order valence-electron chi connectivity index (χ3n) is 5.91. The molecule has 168 valence electrons. The predicted molar refractivity (Wildman–Crippen MR) is 121 cm³/mol. The van der Waals surface area contributed by atoms with Gasteiger partial charge in [-0.2, -0.15) is 0 Å². The lowest BCUT2D eigenvalue weighted by Crippen LogP contribution is -2.48. The van der Waals surface area contributed by atoms with Crippen molar-refractivity contribution in [2.45, 2.75) is 49.4 Å². The van der Waals surface area contributed by atoms with Gasteiger partial charge in [0.2, 0.25) is 16.9 Å². The molecule has 2 aromatic heterocycles. The Labute approximate surface area is 190 Å². The van der Waals surface area contributed by atoms with Crippen LogP contribution in [-0.2, 0) is 16.1 Å². The van der Waals surface area contributed by atoms with Gasteiger partial charge >= 0.3 is 0 Å². The predicted octanol–water partition coefficient (Wildman–Crippen LogP) is 3.16. The van der Waals surface area contributed by atoms with Gasteiger partial charge in [-0.25, -0.2) is 0 Å². The van der Waals surface area contributed by atoms with Gasteiger partial charge in [0.15, 0.2) is 4.34 Å². The summed E-state index contributed by atoms with van der Waals surface area (Å²) in [6, 6.07) is 3.62. The van der Waals surface area contributed by atoms with Crippen LogP contribution in [0.15, 0.2) is 27.2 Å². The molecule has 2 aromatic rings. The summed E-state index contributed by atoms with van der Waals surface area (Å²) in [5.41, 5.74) is 0. The van der Waals surface area contributed by atoms with Crippen LogP contribution < -0.4 is 10.2 Å². The van der Waals surface area contributed by atoms with E-state index in [9.17, 15) is 9.59 Å². The van der Waals surface area contributed by atoms with E-state index >= 15 is 0 Å². The molecule has 2 fully saturated rings. The molecule has 0 unspecified atom stereocenters. The fraction of sp³-hybridized carbons (Fsp3) is 0.619. The lowest BCUT2D eigenvalue weighted by atomic mass is 10.0. The first-order valence-corrected chi connectivity index (χ1v) is 12.8. The van der Waals surface area contributed by atoms with Gasteiger partial charge in [0.25, 0.3) is 0 Å². The smallest absolute Gasteiger partial charge is 0.230 e. The number of hydrogen-bond donors (Lipinski definition) is 1. The number of carbonyl (C=O) groups excluding carboxylic acids is 2. The van der Waals surface area contributed by atoms with E-state index in [1.165, 1.54) is 48.8 Å². The van der Waals surface area contributed by atoms with Crippen LogP contribution in [-0.4, -0.2) is 58.8 Å². The Morgan fingerprint density at radius 2 is 2.00 bits per heavy atom. The zero-order valence-corrected chi connectivity index (χ0v) is 19.3. The highest BCUT2D eigenvalue weighted by molar-refractivity contribution is 8.01. The Balaban J connectivity index is 1.15. The second kappa shape index (κ2) is 11.0.